The molecule has 2 N–H and O–H groups in total. The lowest BCUT2D eigenvalue weighted by atomic mass is 10.1. The van der Waals surface area contributed by atoms with Crippen molar-refractivity contribution in [3.8, 4) is 5.75 Å². The highest BCUT2D eigenvalue weighted by atomic mass is 16.5. The predicted octanol–water partition coefficient (Wildman–Crippen LogP) is 2.60. The van der Waals surface area contributed by atoms with Gasteiger partial charge in [-0.1, -0.05) is 29.4 Å². The molecule has 2 amide bonds. The van der Waals surface area contributed by atoms with Crippen LogP contribution in [0.4, 0.5) is 0 Å². The third-order valence-corrected chi connectivity index (χ3v) is 4.33. The van der Waals surface area contributed by atoms with Crippen molar-refractivity contribution in [2.75, 3.05) is 0 Å². The van der Waals surface area contributed by atoms with Crippen LogP contribution in [0.2, 0.25) is 0 Å². The summed E-state index contributed by atoms with van der Waals surface area (Å²) < 4.78 is 10.9. The van der Waals surface area contributed by atoms with Crippen molar-refractivity contribution in [3.05, 3.63) is 59.3 Å². The Morgan fingerprint density at radius 2 is 1.89 bits per heavy atom. The van der Waals surface area contributed by atoms with Crippen molar-refractivity contribution >= 4 is 22.8 Å². The molecule has 1 atom stereocenters. The Labute approximate surface area is 156 Å². The fraction of sp³-hybridized carbons (Fsp3) is 0.250. The number of carbonyl (C=O) groups excluding carboxylic acids is 2. The van der Waals surface area contributed by atoms with Gasteiger partial charge in [-0.3, -0.25) is 20.4 Å². The number of aromatic nitrogens is 1. The first-order valence-electron chi connectivity index (χ1n) is 8.60. The summed E-state index contributed by atoms with van der Waals surface area (Å²) in [6.45, 7) is 5.52. The van der Waals surface area contributed by atoms with E-state index in [1.165, 1.54) is 0 Å². The topological polar surface area (TPSA) is 93.5 Å². The highest BCUT2D eigenvalue weighted by molar-refractivity contribution is 5.88. The monoisotopic (exact) mass is 367 g/mol. The number of amides is 2. The lowest BCUT2D eigenvalue weighted by molar-refractivity contribution is -0.132. The van der Waals surface area contributed by atoms with Crippen LogP contribution in [0.1, 0.15) is 23.7 Å². The molecule has 3 rings (SSSR count). The third kappa shape index (κ3) is 4.25. The molecule has 0 fully saturated rings. The quantitative estimate of drug-likeness (QED) is 0.676. The molecule has 0 saturated heterocycles. The second-order valence-corrected chi connectivity index (χ2v) is 6.30. The minimum Gasteiger partial charge on any atom is -0.481 e. The van der Waals surface area contributed by atoms with Crippen LogP contribution in [-0.2, 0) is 16.0 Å². The summed E-state index contributed by atoms with van der Waals surface area (Å²) in [5, 5.41) is 4.67. The number of rotatable bonds is 5. The van der Waals surface area contributed by atoms with Gasteiger partial charge in [0.05, 0.1) is 6.42 Å². The van der Waals surface area contributed by atoms with Crippen LogP contribution in [0.3, 0.4) is 0 Å². The molecule has 7 heteroatoms. The van der Waals surface area contributed by atoms with E-state index in [0.29, 0.717) is 17.0 Å². The first-order chi connectivity index (χ1) is 13.0. The maximum absolute atomic E-state index is 12.2. The Kier molecular flexibility index (Phi) is 5.40. The molecule has 1 heterocycles. The van der Waals surface area contributed by atoms with Gasteiger partial charge in [0.2, 0.25) is 5.91 Å². The molecule has 1 aromatic heterocycles. The molecule has 140 valence electrons. The third-order valence-electron chi connectivity index (χ3n) is 4.33. The Morgan fingerprint density at radius 3 is 2.70 bits per heavy atom. The number of fused-ring (bicyclic) bond motifs is 1. The van der Waals surface area contributed by atoms with Gasteiger partial charge in [0.25, 0.3) is 5.91 Å². The minimum atomic E-state index is -0.765. The maximum Gasteiger partial charge on any atom is 0.279 e. The predicted molar refractivity (Wildman–Crippen MR) is 100 cm³/mol. The van der Waals surface area contributed by atoms with E-state index in [1.807, 2.05) is 44.2 Å². The largest absolute Gasteiger partial charge is 0.481 e. The van der Waals surface area contributed by atoms with Crippen molar-refractivity contribution in [1.29, 1.82) is 0 Å². The molecule has 0 unspecified atom stereocenters. The molecule has 0 aliphatic rings. The Morgan fingerprint density at radius 1 is 1.11 bits per heavy atom. The van der Waals surface area contributed by atoms with Crippen molar-refractivity contribution in [1.82, 2.24) is 16.0 Å². The van der Waals surface area contributed by atoms with Crippen LogP contribution in [-0.4, -0.2) is 23.1 Å². The number of hydrazine groups is 1. The van der Waals surface area contributed by atoms with Gasteiger partial charge in [-0.05, 0) is 50.1 Å². The van der Waals surface area contributed by atoms with Gasteiger partial charge in [-0.15, -0.1) is 0 Å². The van der Waals surface area contributed by atoms with Gasteiger partial charge in [0, 0.05) is 5.39 Å². The summed E-state index contributed by atoms with van der Waals surface area (Å²) in [5.41, 5.74) is 7.92. The van der Waals surface area contributed by atoms with E-state index in [1.54, 1.807) is 19.1 Å². The number of aryl methyl sites for hydroxylation is 1. The summed E-state index contributed by atoms with van der Waals surface area (Å²) >= 11 is 0. The van der Waals surface area contributed by atoms with E-state index in [-0.39, 0.29) is 6.42 Å². The van der Waals surface area contributed by atoms with Gasteiger partial charge in [0.1, 0.15) is 11.4 Å². The molecule has 0 bridgehead atoms. The Bertz CT molecular complexity index is 980. The number of hydrogen-bond donors (Lipinski definition) is 2. The zero-order chi connectivity index (χ0) is 19.4. The highest BCUT2D eigenvalue weighted by Crippen LogP contribution is 2.21. The maximum atomic E-state index is 12.2. The number of benzene rings is 2. The normalized spacial score (nSPS) is 11.8. The number of nitrogens with one attached hydrogen (secondary N) is 2. The van der Waals surface area contributed by atoms with E-state index in [0.717, 1.165) is 16.5 Å². The summed E-state index contributed by atoms with van der Waals surface area (Å²) in [4.78, 5) is 24.3. The lowest BCUT2D eigenvalue weighted by Crippen LogP contribution is -2.47. The summed E-state index contributed by atoms with van der Waals surface area (Å²) in [6.07, 6.45) is -0.776. The number of carbonyl (C=O) groups is 2. The summed E-state index contributed by atoms with van der Waals surface area (Å²) in [6, 6.07) is 12.9. The molecule has 27 heavy (non-hydrogen) atoms. The van der Waals surface area contributed by atoms with Crippen molar-refractivity contribution in [2.45, 2.75) is 33.3 Å². The molecule has 0 spiro atoms. The second-order valence-electron chi connectivity index (χ2n) is 6.30. The van der Waals surface area contributed by atoms with E-state index >= 15 is 0 Å². The zero-order valence-corrected chi connectivity index (χ0v) is 15.4. The van der Waals surface area contributed by atoms with Crippen LogP contribution < -0.4 is 15.6 Å². The summed E-state index contributed by atoms with van der Waals surface area (Å²) in [7, 11) is 0. The average molecular weight is 367 g/mol. The molecule has 3 aromatic rings. The standard InChI is InChI=1S/C20H21N3O4/c1-12-7-6-10-17(13(12)2)26-14(3)20(25)22-21-19(24)11-16-15-8-4-5-9-18(15)27-23-16/h4-10,14H,11H2,1-3H3,(H,21,24)(H,22,25)/t14-/m1/s1. The fourth-order valence-corrected chi connectivity index (χ4v) is 2.59. The van der Waals surface area contributed by atoms with E-state index < -0.39 is 17.9 Å². The lowest BCUT2D eigenvalue weighted by Gasteiger charge is -2.17. The molecular formula is C20H21N3O4. The van der Waals surface area contributed by atoms with Crippen LogP contribution >= 0.6 is 0 Å². The minimum absolute atomic E-state index is 0.0104. The molecular weight excluding hydrogens is 346 g/mol. The zero-order valence-electron chi connectivity index (χ0n) is 15.4. The van der Waals surface area contributed by atoms with Crippen LogP contribution in [0.25, 0.3) is 11.0 Å². The molecule has 7 nitrogen and oxygen atoms in total. The smallest absolute Gasteiger partial charge is 0.279 e. The number of nitrogens with zero attached hydrogens (tertiary/aromatic N) is 1. The second kappa shape index (κ2) is 7.90. The Balaban J connectivity index is 1.53. The molecule has 0 radical (unpaired) electrons. The Hall–Kier alpha value is -3.35. The van der Waals surface area contributed by atoms with Crippen LogP contribution in [0.15, 0.2) is 47.0 Å². The number of hydrogen-bond acceptors (Lipinski definition) is 5. The van der Waals surface area contributed by atoms with Gasteiger partial charge in [-0.25, -0.2) is 0 Å². The van der Waals surface area contributed by atoms with Gasteiger partial charge >= 0.3 is 0 Å². The first kappa shape index (κ1) is 18.4. The van der Waals surface area contributed by atoms with Gasteiger partial charge in [0.15, 0.2) is 11.7 Å². The summed E-state index contributed by atoms with van der Waals surface area (Å²) in [5.74, 6) is -0.214. The SMILES string of the molecule is Cc1cccc(O[C@H](C)C(=O)NNC(=O)Cc2noc3ccccc23)c1C. The van der Waals surface area contributed by atoms with E-state index in [9.17, 15) is 9.59 Å². The van der Waals surface area contributed by atoms with E-state index in [2.05, 4.69) is 16.0 Å². The van der Waals surface area contributed by atoms with E-state index in [4.69, 9.17) is 9.26 Å². The van der Waals surface area contributed by atoms with Crippen LogP contribution in [0, 0.1) is 13.8 Å². The first-order valence-corrected chi connectivity index (χ1v) is 8.60. The average Bonchev–Trinajstić information content (AvgIpc) is 3.06. The fourth-order valence-electron chi connectivity index (χ4n) is 2.59. The van der Waals surface area contributed by atoms with Gasteiger partial charge < -0.3 is 9.26 Å². The molecule has 0 aliphatic carbocycles. The highest BCUT2D eigenvalue weighted by Gasteiger charge is 2.18. The van der Waals surface area contributed by atoms with Crippen molar-refractivity contribution in [2.24, 2.45) is 0 Å². The van der Waals surface area contributed by atoms with Gasteiger partial charge in [-0.2, -0.15) is 0 Å². The number of ether oxygens (including phenoxy) is 1. The van der Waals surface area contributed by atoms with Crippen molar-refractivity contribution in [3.63, 3.8) is 0 Å². The molecule has 2 aromatic carbocycles. The van der Waals surface area contributed by atoms with Crippen LogP contribution in [0.5, 0.6) is 5.75 Å². The number of para-hydroxylation sites is 1. The molecule has 0 saturated carbocycles. The van der Waals surface area contributed by atoms with Crippen molar-refractivity contribution < 1.29 is 18.8 Å². The molecule has 0 aliphatic heterocycles.